The van der Waals surface area contributed by atoms with Gasteiger partial charge in [-0.25, -0.2) is 19.8 Å². The van der Waals surface area contributed by atoms with Crippen molar-refractivity contribution in [2.45, 2.75) is 32.1 Å². The maximum Gasteiger partial charge on any atom is 0.257 e. The number of hydrogen-bond acceptors (Lipinski definition) is 4. The molecule has 1 amide bonds. The van der Waals surface area contributed by atoms with Crippen LogP contribution in [0.2, 0.25) is 0 Å². The smallest absolute Gasteiger partial charge is 0.257 e. The number of benzene rings is 1. The third-order valence-electron chi connectivity index (χ3n) is 4.62. The van der Waals surface area contributed by atoms with Crippen molar-refractivity contribution in [3.8, 4) is 0 Å². The fourth-order valence-electron chi connectivity index (χ4n) is 3.26. The van der Waals surface area contributed by atoms with Gasteiger partial charge in [0.15, 0.2) is 0 Å². The molecule has 0 aliphatic heterocycles. The number of nitrogens with one attached hydrogen (secondary N) is 1. The van der Waals surface area contributed by atoms with E-state index in [1.807, 2.05) is 0 Å². The summed E-state index contributed by atoms with van der Waals surface area (Å²) in [5, 5.41) is 9.23. The van der Waals surface area contributed by atoms with E-state index in [4.69, 9.17) is 0 Å². The zero-order chi connectivity index (χ0) is 17.3. The second-order valence-corrected chi connectivity index (χ2v) is 6.01. The molecule has 1 aliphatic carbocycles. The molecule has 1 atom stereocenters. The standard InChI is InChI=1S/C18H18FN3O2/c1-11-15(4-3-5-16(11)19)18(17(23)22-24)7-6-13(8-18)14-9-20-12(2)21-10-14/h3-5,8-10,24H,6-7H2,1-2H3,(H,22,23). The Balaban J connectivity index is 2.13. The van der Waals surface area contributed by atoms with Gasteiger partial charge in [0, 0.05) is 18.0 Å². The molecule has 124 valence electrons. The first-order valence-electron chi connectivity index (χ1n) is 7.69. The van der Waals surface area contributed by atoms with Gasteiger partial charge in [-0.05, 0) is 49.5 Å². The summed E-state index contributed by atoms with van der Waals surface area (Å²) < 4.78 is 14.0. The lowest BCUT2D eigenvalue weighted by Gasteiger charge is -2.27. The van der Waals surface area contributed by atoms with Crippen molar-refractivity contribution in [3.05, 3.63) is 65.0 Å². The van der Waals surface area contributed by atoms with Crippen molar-refractivity contribution < 1.29 is 14.4 Å². The Morgan fingerprint density at radius 2 is 2.00 bits per heavy atom. The van der Waals surface area contributed by atoms with Crippen LogP contribution in [0.5, 0.6) is 0 Å². The number of hydrogen-bond donors (Lipinski definition) is 2. The molecule has 1 heterocycles. The maximum atomic E-state index is 14.0. The van der Waals surface area contributed by atoms with E-state index in [0.717, 1.165) is 11.1 Å². The van der Waals surface area contributed by atoms with Crippen molar-refractivity contribution in [3.63, 3.8) is 0 Å². The molecule has 0 saturated carbocycles. The SMILES string of the molecule is Cc1ncc(C2=CC(C(=O)NO)(c3cccc(F)c3C)CC2)cn1. The van der Waals surface area contributed by atoms with E-state index < -0.39 is 11.3 Å². The Bertz CT molecular complexity index is 818. The van der Waals surface area contributed by atoms with Crippen LogP contribution < -0.4 is 5.48 Å². The first-order valence-corrected chi connectivity index (χ1v) is 7.69. The minimum atomic E-state index is -1.11. The first kappa shape index (κ1) is 16.3. The molecule has 3 rings (SSSR count). The number of nitrogens with zero attached hydrogens (tertiary/aromatic N) is 2. The van der Waals surface area contributed by atoms with Gasteiger partial charge in [0.25, 0.3) is 5.91 Å². The van der Waals surface area contributed by atoms with Crippen LogP contribution in [0.4, 0.5) is 4.39 Å². The zero-order valence-electron chi connectivity index (χ0n) is 13.5. The Labute approximate surface area is 139 Å². The number of amides is 1. The second-order valence-electron chi connectivity index (χ2n) is 6.01. The minimum absolute atomic E-state index is 0.377. The maximum absolute atomic E-state index is 14.0. The lowest BCUT2D eigenvalue weighted by molar-refractivity contribution is -0.133. The number of allylic oxidation sites excluding steroid dienone is 1. The molecule has 0 radical (unpaired) electrons. The average Bonchev–Trinajstić information content (AvgIpc) is 3.03. The molecule has 1 aromatic carbocycles. The van der Waals surface area contributed by atoms with Crippen LogP contribution >= 0.6 is 0 Å². The van der Waals surface area contributed by atoms with Crippen molar-refractivity contribution in [2.24, 2.45) is 0 Å². The predicted molar refractivity (Wildman–Crippen MR) is 86.7 cm³/mol. The average molecular weight is 327 g/mol. The van der Waals surface area contributed by atoms with Gasteiger partial charge >= 0.3 is 0 Å². The highest BCUT2D eigenvalue weighted by Crippen LogP contribution is 2.44. The van der Waals surface area contributed by atoms with Crippen molar-refractivity contribution in [1.82, 2.24) is 15.4 Å². The molecular weight excluding hydrogens is 309 g/mol. The van der Waals surface area contributed by atoms with Crippen LogP contribution in [0.1, 0.15) is 35.4 Å². The van der Waals surface area contributed by atoms with E-state index in [0.29, 0.717) is 29.8 Å². The molecule has 2 aromatic rings. The number of carbonyl (C=O) groups is 1. The molecule has 2 N–H and O–H groups in total. The fourth-order valence-corrected chi connectivity index (χ4v) is 3.26. The van der Waals surface area contributed by atoms with Gasteiger partial charge in [-0.15, -0.1) is 0 Å². The highest BCUT2D eigenvalue weighted by atomic mass is 19.1. The highest BCUT2D eigenvalue weighted by molar-refractivity contribution is 5.94. The van der Waals surface area contributed by atoms with Crippen LogP contribution in [-0.2, 0) is 10.2 Å². The molecule has 0 spiro atoms. The minimum Gasteiger partial charge on any atom is -0.289 e. The van der Waals surface area contributed by atoms with Gasteiger partial charge in [-0.1, -0.05) is 18.2 Å². The Kier molecular flexibility index (Phi) is 4.15. The van der Waals surface area contributed by atoms with E-state index in [1.165, 1.54) is 6.07 Å². The lowest BCUT2D eigenvalue weighted by Crippen LogP contribution is -2.41. The molecular formula is C18H18FN3O2. The van der Waals surface area contributed by atoms with Gasteiger partial charge < -0.3 is 0 Å². The summed E-state index contributed by atoms with van der Waals surface area (Å²) in [6.07, 6.45) is 6.25. The fraction of sp³-hybridized carbons (Fsp3) is 0.278. The number of aryl methyl sites for hydroxylation is 1. The highest BCUT2D eigenvalue weighted by Gasteiger charge is 2.43. The Morgan fingerprint density at radius 1 is 1.29 bits per heavy atom. The van der Waals surface area contributed by atoms with Gasteiger partial charge in [-0.3, -0.25) is 10.0 Å². The van der Waals surface area contributed by atoms with Crippen molar-refractivity contribution in [1.29, 1.82) is 0 Å². The van der Waals surface area contributed by atoms with E-state index in [1.54, 1.807) is 49.9 Å². The van der Waals surface area contributed by atoms with E-state index in [9.17, 15) is 14.4 Å². The molecule has 0 fully saturated rings. The third-order valence-corrected chi connectivity index (χ3v) is 4.62. The molecule has 5 nitrogen and oxygen atoms in total. The first-order chi connectivity index (χ1) is 11.5. The van der Waals surface area contributed by atoms with Gasteiger partial charge in [0.05, 0.1) is 5.41 Å². The molecule has 1 aliphatic rings. The third kappa shape index (κ3) is 2.59. The van der Waals surface area contributed by atoms with E-state index in [-0.39, 0.29) is 5.82 Å². The molecule has 0 bridgehead atoms. The van der Waals surface area contributed by atoms with Gasteiger partial charge in [0.2, 0.25) is 0 Å². The summed E-state index contributed by atoms with van der Waals surface area (Å²) in [5.41, 5.74) is 3.31. The summed E-state index contributed by atoms with van der Waals surface area (Å²) in [5.74, 6) is -0.282. The second kappa shape index (κ2) is 6.13. The Morgan fingerprint density at radius 3 is 2.67 bits per heavy atom. The summed E-state index contributed by atoms with van der Waals surface area (Å²) in [6, 6.07) is 4.65. The number of hydroxylamine groups is 1. The summed E-state index contributed by atoms with van der Waals surface area (Å²) in [7, 11) is 0. The largest absolute Gasteiger partial charge is 0.289 e. The normalized spacial score (nSPS) is 19.9. The molecule has 6 heteroatoms. The summed E-state index contributed by atoms with van der Waals surface area (Å²) in [4.78, 5) is 20.8. The molecule has 24 heavy (non-hydrogen) atoms. The van der Waals surface area contributed by atoms with E-state index >= 15 is 0 Å². The van der Waals surface area contributed by atoms with E-state index in [2.05, 4.69) is 9.97 Å². The van der Waals surface area contributed by atoms with Crippen LogP contribution in [0.25, 0.3) is 5.57 Å². The zero-order valence-corrected chi connectivity index (χ0v) is 13.5. The van der Waals surface area contributed by atoms with Gasteiger partial charge in [0.1, 0.15) is 11.6 Å². The van der Waals surface area contributed by atoms with Crippen LogP contribution in [0.3, 0.4) is 0 Å². The quantitative estimate of drug-likeness (QED) is 0.671. The number of carbonyl (C=O) groups excluding carboxylic acids is 1. The predicted octanol–water partition coefficient (Wildman–Crippen LogP) is 2.85. The monoisotopic (exact) mass is 327 g/mol. The van der Waals surface area contributed by atoms with Crippen molar-refractivity contribution in [2.75, 3.05) is 0 Å². The summed E-state index contributed by atoms with van der Waals surface area (Å²) >= 11 is 0. The van der Waals surface area contributed by atoms with Crippen LogP contribution in [-0.4, -0.2) is 21.1 Å². The molecule has 1 unspecified atom stereocenters. The summed E-state index contributed by atoms with van der Waals surface area (Å²) in [6.45, 7) is 3.43. The number of aromatic nitrogens is 2. The number of rotatable bonds is 3. The van der Waals surface area contributed by atoms with Crippen LogP contribution in [0, 0.1) is 19.7 Å². The lowest BCUT2D eigenvalue weighted by atomic mass is 9.77. The van der Waals surface area contributed by atoms with Gasteiger partial charge in [-0.2, -0.15) is 0 Å². The number of halogens is 1. The van der Waals surface area contributed by atoms with Crippen LogP contribution in [0.15, 0.2) is 36.7 Å². The molecule has 0 saturated heterocycles. The topological polar surface area (TPSA) is 75.1 Å². The molecule has 1 aromatic heterocycles. The van der Waals surface area contributed by atoms with Crippen molar-refractivity contribution >= 4 is 11.5 Å². The Hall–Kier alpha value is -2.60.